The van der Waals surface area contributed by atoms with Crippen molar-refractivity contribution >= 4 is 17.4 Å². The summed E-state index contributed by atoms with van der Waals surface area (Å²) in [6.07, 6.45) is -2.57. The van der Waals surface area contributed by atoms with Crippen molar-refractivity contribution in [2.45, 2.75) is 44.6 Å². The quantitative estimate of drug-likeness (QED) is 0.246. The van der Waals surface area contributed by atoms with Crippen molar-refractivity contribution in [3.8, 4) is 23.1 Å². The number of para-hydroxylation sites is 2. The van der Waals surface area contributed by atoms with E-state index in [1.165, 1.54) is 12.1 Å². The number of halogens is 3. The molecule has 2 heterocycles. The maximum Gasteiger partial charge on any atom is 0.573 e. The van der Waals surface area contributed by atoms with Gasteiger partial charge in [-0.15, -0.1) is 13.2 Å². The largest absolute Gasteiger partial charge is 0.573 e. The third-order valence-electron chi connectivity index (χ3n) is 6.76. The van der Waals surface area contributed by atoms with Crippen LogP contribution in [0, 0.1) is 0 Å². The van der Waals surface area contributed by atoms with Crippen LogP contribution in [0.1, 0.15) is 38.3 Å². The topological polar surface area (TPSA) is 81.7 Å². The van der Waals surface area contributed by atoms with Gasteiger partial charge < -0.3 is 24.8 Å². The third-order valence-corrected chi connectivity index (χ3v) is 6.76. The Balaban J connectivity index is 1.34. The van der Waals surface area contributed by atoms with Crippen molar-refractivity contribution in [1.29, 1.82) is 0 Å². The summed E-state index contributed by atoms with van der Waals surface area (Å²) in [5, 5.41) is 5.26. The zero-order valence-corrected chi connectivity index (χ0v) is 22.6. The minimum atomic E-state index is -4.80. The zero-order chi connectivity index (χ0) is 29.3. The van der Waals surface area contributed by atoms with E-state index in [-0.39, 0.29) is 22.7 Å². The molecule has 1 aliphatic rings. The van der Waals surface area contributed by atoms with Crippen LogP contribution in [0.25, 0.3) is 0 Å². The van der Waals surface area contributed by atoms with Crippen LogP contribution in [0.2, 0.25) is 0 Å². The molecule has 212 valence electrons. The number of hydrogen-bond donors (Lipinski definition) is 2. The molecule has 1 aliphatic heterocycles. The van der Waals surface area contributed by atoms with E-state index in [1.54, 1.807) is 18.3 Å². The van der Waals surface area contributed by atoms with E-state index in [1.807, 2.05) is 49.4 Å². The SMILES string of the molecule is CC1(C)CC(C)(c2ccccc2Oc2ncccc2NC(=O)Nc2ccc(OC(F)(F)F)cc2)Oc2ccccc21. The number of nitrogens with zero attached hydrogens (tertiary/aromatic N) is 1. The lowest BCUT2D eigenvalue weighted by atomic mass is 9.71. The second kappa shape index (κ2) is 10.7. The molecule has 7 nitrogen and oxygen atoms in total. The van der Waals surface area contributed by atoms with Crippen LogP contribution in [-0.2, 0) is 11.0 Å². The molecule has 2 N–H and O–H groups in total. The average Bonchev–Trinajstić information content (AvgIpc) is 2.90. The van der Waals surface area contributed by atoms with Crippen LogP contribution in [0.4, 0.5) is 29.3 Å². The number of nitrogens with one attached hydrogen (secondary N) is 2. The van der Waals surface area contributed by atoms with Gasteiger partial charge in [0.25, 0.3) is 0 Å². The van der Waals surface area contributed by atoms with Gasteiger partial charge in [-0.1, -0.05) is 50.2 Å². The van der Waals surface area contributed by atoms with Gasteiger partial charge in [0.1, 0.15) is 28.5 Å². The molecule has 41 heavy (non-hydrogen) atoms. The summed E-state index contributed by atoms with van der Waals surface area (Å²) in [6.45, 7) is 6.40. The van der Waals surface area contributed by atoms with Crippen molar-refractivity contribution in [2.24, 2.45) is 0 Å². The second-order valence-electron chi connectivity index (χ2n) is 10.5. The van der Waals surface area contributed by atoms with E-state index < -0.39 is 23.7 Å². The van der Waals surface area contributed by atoms with E-state index in [4.69, 9.17) is 9.47 Å². The van der Waals surface area contributed by atoms with Crippen molar-refractivity contribution in [3.63, 3.8) is 0 Å². The molecular formula is C31H28F3N3O4. The molecule has 0 saturated heterocycles. The minimum absolute atomic E-state index is 0.156. The van der Waals surface area contributed by atoms with E-state index in [0.717, 1.165) is 29.0 Å². The smallest absolute Gasteiger partial charge is 0.482 e. The number of aromatic nitrogens is 1. The normalized spacial score (nSPS) is 17.5. The van der Waals surface area contributed by atoms with Crippen LogP contribution >= 0.6 is 0 Å². The number of fused-ring (bicyclic) bond motifs is 1. The molecule has 5 rings (SSSR count). The highest BCUT2D eigenvalue weighted by Gasteiger charge is 2.44. The number of amides is 2. The molecular weight excluding hydrogens is 535 g/mol. The number of ether oxygens (including phenoxy) is 3. The Labute approximate surface area is 235 Å². The summed E-state index contributed by atoms with van der Waals surface area (Å²) < 4.78 is 53.9. The molecule has 0 fully saturated rings. The maximum atomic E-state index is 12.7. The van der Waals surface area contributed by atoms with Crippen LogP contribution in [0.5, 0.6) is 23.1 Å². The third kappa shape index (κ3) is 6.37. The summed E-state index contributed by atoms with van der Waals surface area (Å²) in [4.78, 5) is 17.0. The molecule has 4 aromatic rings. The maximum absolute atomic E-state index is 12.7. The highest BCUT2D eigenvalue weighted by Crippen LogP contribution is 2.50. The van der Waals surface area contributed by atoms with Gasteiger partial charge in [-0.25, -0.2) is 9.78 Å². The van der Waals surface area contributed by atoms with E-state index in [2.05, 4.69) is 40.3 Å². The Morgan fingerprint density at radius 2 is 1.56 bits per heavy atom. The summed E-state index contributed by atoms with van der Waals surface area (Å²) in [7, 11) is 0. The van der Waals surface area contributed by atoms with Gasteiger partial charge in [0.05, 0.1) is 0 Å². The number of urea groups is 1. The van der Waals surface area contributed by atoms with E-state index in [0.29, 0.717) is 12.2 Å². The number of hydrogen-bond acceptors (Lipinski definition) is 5. The molecule has 0 bridgehead atoms. The second-order valence-corrected chi connectivity index (χ2v) is 10.5. The fourth-order valence-corrected chi connectivity index (χ4v) is 5.17. The van der Waals surface area contributed by atoms with Gasteiger partial charge in [0.15, 0.2) is 0 Å². The first-order valence-corrected chi connectivity index (χ1v) is 12.9. The number of pyridine rings is 1. The molecule has 2 amide bonds. The Morgan fingerprint density at radius 3 is 2.29 bits per heavy atom. The molecule has 0 saturated carbocycles. The van der Waals surface area contributed by atoms with Gasteiger partial charge in [0, 0.05) is 23.9 Å². The predicted octanol–water partition coefficient (Wildman–Crippen LogP) is 8.39. The van der Waals surface area contributed by atoms with E-state index >= 15 is 0 Å². The minimum Gasteiger partial charge on any atom is -0.482 e. The van der Waals surface area contributed by atoms with Crippen molar-refractivity contribution in [1.82, 2.24) is 4.98 Å². The monoisotopic (exact) mass is 563 g/mol. The average molecular weight is 564 g/mol. The number of carbonyl (C=O) groups is 1. The number of carbonyl (C=O) groups excluding carboxylic acids is 1. The molecule has 1 unspecified atom stereocenters. The Bertz CT molecular complexity index is 1560. The van der Waals surface area contributed by atoms with Gasteiger partial charge in [-0.2, -0.15) is 0 Å². The number of alkyl halides is 3. The van der Waals surface area contributed by atoms with Crippen LogP contribution in [-0.4, -0.2) is 17.4 Å². The first kappa shape index (κ1) is 27.8. The standard InChI is InChI=1S/C31H28F3N3O4/c1-29(2)19-30(3,41-26-13-7-4-9-22(26)29)23-10-5-6-12-25(23)39-27-24(11-8-18-35-27)37-28(38)36-20-14-16-21(17-15-20)40-31(32,33)34/h4-18H,19H2,1-3H3,(H2,36,37,38). The van der Waals surface area contributed by atoms with Crippen molar-refractivity contribution in [3.05, 3.63) is 102 Å². The van der Waals surface area contributed by atoms with Gasteiger partial charge in [-0.05, 0) is 66.4 Å². The van der Waals surface area contributed by atoms with Crippen LogP contribution in [0.3, 0.4) is 0 Å². The highest BCUT2D eigenvalue weighted by atomic mass is 19.4. The number of benzene rings is 3. The lowest BCUT2D eigenvalue weighted by Crippen LogP contribution is -2.41. The number of anilines is 2. The van der Waals surface area contributed by atoms with Gasteiger partial charge in [0.2, 0.25) is 5.88 Å². The van der Waals surface area contributed by atoms with Gasteiger partial charge >= 0.3 is 12.4 Å². The first-order chi connectivity index (χ1) is 19.4. The summed E-state index contributed by atoms with van der Waals surface area (Å²) in [5.41, 5.74) is 1.64. The van der Waals surface area contributed by atoms with E-state index in [9.17, 15) is 18.0 Å². The van der Waals surface area contributed by atoms with Crippen LogP contribution < -0.4 is 24.8 Å². The fraction of sp³-hybridized carbons (Fsp3) is 0.226. The molecule has 0 radical (unpaired) electrons. The molecule has 0 aliphatic carbocycles. The summed E-state index contributed by atoms with van der Waals surface area (Å²) in [5.74, 6) is 1.10. The van der Waals surface area contributed by atoms with Crippen LogP contribution in [0.15, 0.2) is 91.1 Å². The molecule has 10 heteroatoms. The first-order valence-electron chi connectivity index (χ1n) is 12.9. The highest BCUT2D eigenvalue weighted by molar-refractivity contribution is 6.00. The fourth-order valence-electron chi connectivity index (χ4n) is 5.17. The lowest BCUT2D eigenvalue weighted by Gasteiger charge is -2.44. The molecule has 1 atom stereocenters. The Kier molecular flexibility index (Phi) is 7.25. The molecule has 0 spiro atoms. The lowest BCUT2D eigenvalue weighted by molar-refractivity contribution is -0.274. The summed E-state index contributed by atoms with van der Waals surface area (Å²) in [6, 6.07) is 23.0. The number of rotatable bonds is 6. The predicted molar refractivity (Wildman–Crippen MR) is 149 cm³/mol. The summed E-state index contributed by atoms with van der Waals surface area (Å²) >= 11 is 0. The Morgan fingerprint density at radius 1 is 0.878 bits per heavy atom. The zero-order valence-electron chi connectivity index (χ0n) is 22.6. The van der Waals surface area contributed by atoms with Crippen molar-refractivity contribution < 1.29 is 32.2 Å². The molecule has 1 aromatic heterocycles. The van der Waals surface area contributed by atoms with Crippen molar-refractivity contribution in [2.75, 3.05) is 10.6 Å². The van der Waals surface area contributed by atoms with Gasteiger partial charge in [-0.3, -0.25) is 0 Å². The molecule has 3 aromatic carbocycles. The Hall–Kier alpha value is -4.73.